The first-order valence-electron chi connectivity index (χ1n) is 5.58. The first-order valence-corrected chi connectivity index (χ1v) is 7.46. The van der Waals surface area contributed by atoms with Crippen molar-refractivity contribution >= 4 is 50.9 Å². The molecule has 0 saturated carbocycles. The van der Waals surface area contributed by atoms with Gasteiger partial charge in [-0.2, -0.15) is 0 Å². The zero-order valence-electron chi connectivity index (χ0n) is 9.72. The lowest BCUT2D eigenvalue weighted by Gasteiger charge is -2.07. The second kappa shape index (κ2) is 8.62. The first-order chi connectivity index (χ1) is 8.63. The number of rotatable bonds is 6. The maximum Gasteiger partial charge on any atom is 0.411 e. The molecule has 1 aromatic carbocycles. The van der Waals surface area contributed by atoms with Crippen molar-refractivity contribution in [3.05, 3.63) is 28.2 Å². The zero-order valence-corrected chi connectivity index (χ0v) is 12.8. The Morgan fingerprint density at radius 3 is 2.67 bits per heavy atom. The van der Waals surface area contributed by atoms with Crippen molar-refractivity contribution in [1.29, 1.82) is 0 Å². The number of benzene rings is 1. The quantitative estimate of drug-likeness (QED) is 0.569. The molecule has 1 N–H and O–H groups in total. The lowest BCUT2D eigenvalue weighted by molar-refractivity contribution is 0.159. The van der Waals surface area contributed by atoms with Crippen LogP contribution in [0.3, 0.4) is 0 Å². The van der Waals surface area contributed by atoms with Gasteiger partial charge in [0.25, 0.3) is 0 Å². The van der Waals surface area contributed by atoms with Gasteiger partial charge in [0.1, 0.15) is 0 Å². The number of anilines is 1. The minimum atomic E-state index is -0.479. The Morgan fingerprint density at radius 1 is 1.22 bits per heavy atom. The van der Waals surface area contributed by atoms with Crippen LogP contribution >= 0.6 is 39.1 Å². The summed E-state index contributed by atoms with van der Waals surface area (Å²) in [7, 11) is 0. The monoisotopic (exact) mass is 353 g/mol. The number of ether oxygens (including phenoxy) is 1. The molecular formula is C12H14BrCl2NO2. The Balaban J connectivity index is 2.29. The van der Waals surface area contributed by atoms with E-state index in [-0.39, 0.29) is 0 Å². The first kappa shape index (κ1) is 15.6. The number of amides is 1. The molecule has 0 aromatic heterocycles. The maximum atomic E-state index is 11.4. The summed E-state index contributed by atoms with van der Waals surface area (Å²) in [4.78, 5) is 11.4. The molecule has 0 radical (unpaired) electrons. The number of carbonyl (C=O) groups excluding carboxylic acids is 1. The van der Waals surface area contributed by atoms with E-state index in [0.717, 1.165) is 24.6 Å². The van der Waals surface area contributed by atoms with E-state index < -0.39 is 6.09 Å². The van der Waals surface area contributed by atoms with Crippen molar-refractivity contribution < 1.29 is 9.53 Å². The molecular weight excluding hydrogens is 341 g/mol. The van der Waals surface area contributed by atoms with Crippen LogP contribution < -0.4 is 5.32 Å². The number of alkyl halides is 1. The predicted molar refractivity (Wildman–Crippen MR) is 79.1 cm³/mol. The molecule has 1 rings (SSSR count). The van der Waals surface area contributed by atoms with Gasteiger partial charge in [0.2, 0.25) is 0 Å². The number of hydrogen-bond acceptors (Lipinski definition) is 2. The number of carbonyl (C=O) groups is 1. The normalized spacial score (nSPS) is 10.2. The third kappa shape index (κ3) is 5.94. The van der Waals surface area contributed by atoms with E-state index in [2.05, 4.69) is 21.2 Å². The van der Waals surface area contributed by atoms with Crippen LogP contribution in [0, 0.1) is 0 Å². The van der Waals surface area contributed by atoms with Crippen LogP contribution in [0.5, 0.6) is 0 Å². The largest absolute Gasteiger partial charge is 0.449 e. The van der Waals surface area contributed by atoms with Gasteiger partial charge >= 0.3 is 6.09 Å². The van der Waals surface area contributed by atoms with Crippen molar-refractivity contribution in [2.45, 2.75) is 19.3 Å². The predicted octanol–water partition coefficient (Wildman–Crippen LogP) is 5.11. The Hall–Kier alpha value is -0.450. The topological polar surface area (TPSA) is 38.3 Å². The number of unbranched alkanes of at least 4 members (excludes halogenated alkanes) is 2. The third-order valence-corrected chi connectivity index (χ3v) is 3.48. The lowest BCUT2D eigenvalue weighted by Crippen LogP contribution is -2.14. The molecule has 0 aliphatic carbocycles. The van der Waals surface area contributed by atoms with Crippen LogP contribution in [-0.4, -0.2) is 18.0 Å². The zero-order chi connectivity index (χ0) is 13.4. The summed E-state index contributed by atoms with van der Waals surface area (Å²) in [6, 6.07) is 4.87. The van der Waals surface area contributed by atoms with Crippen molar-refractivity contribution in [2.75, 3.05) is 17.3 Å². The molecule has 0 bridgehead atoms. The van der Waals surface area contributed by atoms with Crippen molar-refractivity contribution in [3.8, 4) is 0 Å². The summed E-state index contributed by atoms with van der Waals surface area (Å²) in [5.41, 5.74) is 0.565. The molecule has 3 nitrogen and oxygen atoms in total. The second-order valence-corrected chi connectivity index (χ2v) is 5.25. The molecule has 1 amide bonds. The standard InChI is InChI=1S/C12H14BrCl2NO2/c13-6-2-1-3-7-18-12(17)16-9-4-5-10(14)11(15)8-9/h4-5,8H,1-3,6-7H2,(H,16,17). The van der Waals surface area contributed by atoms with E-state index in [1.807, 2.05) is 0 Å². The van der Waals surface area contributed by atoms with Gasteiger partial charge in [-0.1, -0.05) is 39.1 Å². The summed E-state index contributed by atoms with van der Waals surface area (Å²) in [6.45, 7) is 0.417. The van der Waals surface area contributed by atoms with E-state index in [1.165, 1.54) is 0 Å². The van der Waals surface area contributed by atoms with Crippen molar-refractivity contribution in [1.82, 2.24) is 0 Å². The lowest BCUT2D eigenvalue weighted by atomic mass is 10.3. The van der Waals surface area contributed by atoms with E-state index in [0.29, 0.717) is 22.3 Å². The minimum absolute atomic E-state index is 0.395. The maximum absolute atomic E-state index is 11.4. The SMILES string of the molecule is O=C(Nc1ccc(Cl)c(Cl)c1)OCCCCCBr. The van der Waals surface area contributed by atoms with Gasteiger partial charge in [-0.05, 0) is 37.5 Å². The summed E-state index contributed by atoms with van der Waals surface area (Å²) >= 11 is 14.9. The fourth-order valence-corrected chi connectivity index (χ4v) is 1.96. The van der Waals surface area contributed by atoms with Crippen LogP contribution in [0.1, 0.15) is 19.3 Å². The van der Waals surface area contributed by atoms with E-state index >= 15 is 0 Å². The minimum Gasteiger partial charge on any atom is -0.449 e. The molecule has 6 heteroatoms. The number of halogens is 3. The molecule has 1 aromatic rings. The fourth-order valence-electron chi connectivity index (χ4n) is 1.27. The molecule has 0 aliphatic rings. The van der Waals surface area contributed by atoms with Crippen LogP contribution in [-0.2, 0) is 4.74 Å². The third-order valence-electron chi connectivity index (χ3n) is 2.18. The molecule has 100 valence electrons. The average Bonchev–Trinajstić information content (AvgIpc) is 2.34. The molecule has 0 saturated heterocycles. The summed E-state index contributed by atoms with van der Waals surface area (Å²) < 4.78 is 5.02. The molecule has 0 fully saturated rings. The van der Waals surface area contributed by atoms with E-state index in [4.69, 9.17) is 27.9 Å². The highest BCUT2D eigenvalue weighted by Crippen LogP contribution is 2.24. The second-order valence-electron chi connectivity index (χ2n) is 3.64. The Labute approximate surface area is 125 Å². The molecule has 0 aliphatic heterocycles. The Morgan fingerprint density at radius 2 is 2.00 bits per heavy atom. The number of hydrogen-bond donors (Lipinski definition) is 1. The molecule has 0 spiro atoms. The highest BCUT2D eigenvalue weighted by molar-refractivity contribution is 9.09. The highest BCUT2D eigenvalue weighted by Gasteiger charge is 2.05. The van der Waals surface area contributed by atoms with Gasteiger partial charge in [0, 0.05) is 11.0 Å². The van der Waals surface area contributed by atoms with Crippen LogP contribution in [0.4, 0.5) is 10.5 Å². The van der Waals surface area contributed by atoms with Crippen molar-refractivity contribution in [3.63, 3.8) is 0 Å². The van der Waals surface area contributed by atoms with E-state index in [1.54, 1.807) is 18.2 Å². The van der Waals surface area contributed by atoms with E-state index in [9.17, 15) is 4.79 Å². The van der Waals surface area contributed by atoms with Gasteiger partial charge in [-0.25, -0.2) is 4.79 Å². The molecule has 0 heterocycles. The van der Waals surface area contributed by atoms with Gasteiger partial charge in [-0.3, -0.25) is 5.32 Å². The molecule has 18 heavy (non-hydrogen) atoms. The molecule has 0 unspecified atom stereocenters. The van der Waals surface area contributed by atoms with Gasteiger partial charge < -0.3 is 4.74 Å². The summed E-state index contributed by atoms with van der Waals surface area (Å²) in [5, 5.41) is 4.41. The van der Waals surface area contributed by atoms with Gasteiger partial charge in [0.05, 0.1) is 16.7 Å². The average molecular weight is 355 g/mol. The smallest absolute Gasteiger partial charge is 0.411 e. The molecule has 0 atom stereocenters. The summed E-state index contributed by atoms with van der Waals surface area (Å²) in [5.74, 6) is 0. The van der Waals surface area contributed by atoms with Gasteiger partial charge in [-0.15, -0.1) is 0 Å². The van der Waals surface area contributed by atoms with Gasteiger partial charge in [0.15, 0.2) is 0 Å². The fraction of sp³-hybridized carbons (Fsp3) is 0.417. The van der Waals surface area contributed by atoms with Crippen LogP contribution in [0.2, 0.25) is 10.0 Å². The highest BCUT2D eigenvalue weighted by atomic mass is 79.9. The van der Waals surface area contributed by atoms with Crippen LogP contribution in [0.25, 0.3) is 0 Å². The summed E-state index contributed by atoms with van der Waals surface area (Å²) in [6.07, 6.45) is 2.50. The van der Waals surface area contributed by atoms with Crippen LogP contribution in [0.15, 0.2) is 18.2 Å². The van der Waals surface area contributed by atoms with Crippen molar-refractivity contribution in [2.24, 2.45) is 0 Å². The Kier molecular flexibility index (Phi) is 7.47. The Bertz CT molecular complexity index is 402. The number of nitrogens with one attached hydrogen (secondary N) is 1.